The molecule has 0 saturated carbocycles. The van der Waals surface area contributed by atoms with Crippen LogP contribution in [0.3, 0.4) is 0 Å². The molecule has 1 heterocycles. The van der Waals surface area contributed by atoms with E-state index in [1.807, 2.05) is 30.3 Å². The summed E-state index contributed by atoms with van der Waals surface area (Å²) in [5, 5.41) is 0. The van der Waals surface area contributed by atoms with Crippen LogP contribution in [0, 0.1) is 11.7 Å². The fraction of sp³-hybridized carbons (Fsp3) is 0.333. The zero-order chi connectivity index (χ0) is 21.7. The van der Waals surface area contributed by atoms with Crippen LogP contribution in [-0.2, 0) is 26.0 Å². The van der Waals surface area contributed by atoms with Crippen molar-refractivity contribution in [3.63, 3.8) is 0 Å². The van der Waals surface area contributed by atoms with Gasteiger partial charge in [0.15, 0.2) is 0 Å². The number of carbonyl (C=O) groups is 2. The second kappa shape index (κ2) is 9.36. The number of benzene rings is 2. The van der Waals surface area contributed by atoms with Gasteiger partial charge < -0.3 is 10.6 Å². The van der Waals surface area contributed by atoms with E-state index in [0.29, 0.717) is 25.9 Å². The molecule has 0 aromatic heterocycles. The summed E-state index contributed by atoms with van der Waals surface area (Å²) in [6.45, 7) is 0.659. The second-order valence-corrected chi connectivity index (χ2v) is 9.03. The standard InChI is InChI=1S/C21H24FN3O4S/c22-17-6-8-18(9-7-17)30(28,29)24-19(14-15-4-2-1-3-5-15)21(27)25-12-10-16(11-13-25)20(23)26/h1-9,16,19,24H,10-14H2,(H2,23,26)/t19-/m1/s1. The zero-order valence-corrected chi connectivity index (χ0v) is 17.1. The smallest absolute Gasteiger partial charge is 0.241 e. The number of carbonyl (C=O) groups excluding carboxylic acids is 2. The van der Waals surface area contributed by atoms with Gasteiger partial charge in [-0.1, -0.05) is 30.3 Å². The molecule has 2 aromatic rings. The summed E-state index contributed by atoms with van der Waals surface area (Å²) in [6, 6.07) is 12.4. The van der Waals surface area contributed by atoms with Crippen LogP contribution in [0.2, 0.25) is 0 Å². The Labute approximate surface area is 175 Å². The van der Waals surface area contributed by atoms with E-state index in [2.05, 4.69) is 4.72 Å². The highest BCUT2D eigenvalue weighted by atomic mass is 32.2. The average Bonchev–Trinajstić information content (AvgIpc) is 2.74. The highest BCUT2D eigenvalue weighted by molar-refractivity contribution is 7.89. The van der Waals surface area contributed by atoms with Gasteiger partial charge in [0.05, 0.1) is 4.90 Å². The number of hydrogen-bond donors (Lipinski definition) is 2. The fourth-order valence-electron chi connectivity index (χ4n) is 3.50. The molecule has 1 aliphatic heterocycles. The molecule has 2 aromatic carbocycles. The van der Waals surface area contributed by atoms with Crippen molar-refractivity contribution in [2.24, 2.45) is 11.7 Å². The van der Waals surface area contributed by atoms with E-state index in [1.54, 1.807) is 4.90 Å². The van der Waals surface area contributed by atoms with Gasteiger partial charge in [-0.15, -0.1) is 0 Å². The van der Waals surface area contributed by atoms with Gasteiger partial charge in [-0.3, -0.25) is 9.59 Å². The topological polar surface area (TPSA) is 110 Å². The molecule has 0 spiro atoms. The number of sulfonamides is 1. The maximum atomic E-state index is 13.2. The van der Waals surface area contributed by atoms with E-state index in [-0.39, 0.29) is 29.0 Å². The molecule has 30 heavy (non-hydrogen) atoms. The van der Waals surface area contributed by atoms with Crippen molar-refractivity contribution in [3.8, 4) is 0 Å². The highest BCUT2D eigenvalue weighted by Gasteiger charge is 2.32. The number of likely N-dealkylation sites (tertiary alicyclic amines) is 1. The van der Waals surface area contributed by atoms with Crippen LogP contribution in [0.1, 0.15) is 18.4 Å². The number of nitrogens with zero attached hydrogens (tertiary/aromatic N) is 1. The van der Waals surface area contributed by atoms with Crippen LogP contribution in [0.15, 0.2) is 59.5 Å². The maximum absolute atomic E-state index is 13.2. The summed E-state index contributed by atoms with van der Waals surface area (Å²) in [6.07, 6.45) is 1.06. The molecule has 1 atom stereocenters. The summed E-state index contributed by atoms with van der Waals surface area (Å²) < 4.78 is 41.3. The highest BCUT2D eigenvalue weighted by Crippen LogP contribution is 2.19. The van der Waals surface area contributed by atoms with E-state index < -0.39 is 21.9 Å². The van der Waals surface area contributed by atoms with Gasteiger partial charge in [-0.05, 0) is 49.1 Å². The molecule has 0 radical (unpaired) electrons. The number of piperidine rings is 1. The molecule has 0 bridgehead atoms. The molecule has 1 aliphatic rings. The van der Waals surface area contributed by atoms with Crippen LogP contribution >= 0.6 is 0 Å². The van der Waals surface area contributed by atoms with Crippen molar-refractivity contribution >= 4 is 21.8 Å². The lowest BCUT2D eigenvalue weighted by Gasteiger charge is -2.33. The summed E-state index contributed by atoms with van der Waals surface area (Å²) >= 11 is 0. The Kier molecular flexibility index (Phi) is 6.84. The Balaban J connectivity index is 1.80. The molecule has 160 valence electrons. The molecule has 7 nitrogen and oxygen atoms in total. The van der Waals surface area contributed by atoms with Gasteiger partial charge in [-0.25, -0.2) is 12.8 Å². The molecule has 3 N–H and O–H groups in total. The summed E-state index contributed by atoms with van der Waals surface area (Å²) in [7, 11) is -4.04. The lowest BCUT2D eigenvalue weighted by Crippen LogP contribution is -2.52. The minimum Gasteiger partial charge on any atom is -0.369 e. The van der Waals surface area contributed by atoms with Gasteiger partial charge in [0.1, 0.15) is 11.9 Å². The molecular weight excluding hydrogens is 409 g/mol. The van der Waals surface area contributed by atoms with Crippen LogP contribution in [0.5, 0.6) is 0 Å². The quantitative estimate of drug-likeness (QED) is 0.688. The molecule has 1 fully saturated rings. The van der Waals surface area contributed by atoms with Crippen molar-refractivity contribution in [2.45, 2.75) is 30.2 Å². The number of hydrogen-bond acceptors (Lipinski definition) is 4. The third-order valence-corrected chi connectivity index (χ3v) is 6.70. The Hall–Kier alpha value is -2.78. The first-order valence-corrected chi connectivity index (χ1v) is 11.1. The number of amides is 2. The van der Waals surface area contributed by atoms with Gasteiger partial charge in [0.2, 0.25) is 21.8 Å². The molecule has 0 aliphatic carbocycles. The summed E-state index contributed by atoms with van der Waals surface area (Å²) in [5.74, 6) is -1.59. The number of nitrogens with two attached hydrogens (primary N) is 1. The SMILES string of the molecule is NC(=O)C1CCN(C(=O)[C@@H](Cc2ccccc2)NS(=O)(=O)c2ccc(F)cc2)CC1. The Morgan fingerprint density at radius 2 is 1.67 bits per heavy atom. The molecular formula is C21H24FN3O4S. The molecule has 3 rings (SSSR count). The minimum atomic E-state index is -4.04. The van der Waals surface area contributed by atoms with Crippen LogP contribution < -0.4 is 10.5 Å². The van der Waals surface area contributed by atoms with Crippen LogP contribution in [0.4, 0.5) is 4.39 Å². The first kappa shape index (κ1) is 21.9. The summed E-state index contributed by atoms with van der Waals surface area (Å²) in [5.41, 5.74) is 6.14. The normalized spacial score (nSPS) is 16.2. The third kappa shape index (κ3) is 5.43. The van der Waals surface area contributed by atoms with Crippen molar-refractivity contribution < 1.29 is 22.4 Å². The molecule has 2 amide bonds. The molecule has 0 unspecified atom stereocenters. The van der Waals surface area contributed by atoms with E-state index in [4.69, 9.17) is 5.73 Å². The van der Waals surface area contributed by atoms with Gasteiger partial charge in [-0.2, -0.15) is 4.72 Å². The average molecular weight is 434 g/mol. The predicted octanol–water partition coefficient (Wildman–Crippen LogP) is 1.44. The van der Waals surface area contributed by atoms with E-state index in [0.717, 1.165) is 29.8 Å². The first-order valence-electron chi connectivity index (χ1n) is 9.66. The third-order valence-electron chi connectivity index (χ3n) is 5.21. The lowest BCUT2D eigenvalue weighted by molar-refractivity contribution is -0.136. The van der Waals surface area contributed by atoms with Crippen LogP contribution in [0.25, 0.3) is 0 Å². The fourth-order valence-corrected chi connectivity index (χ4v) is 4.69. The number of nitrogens with one attached hydrogen (secondary N) is 1. The first-order chi connectivity index (χ1) is 14.3. The lowest BCUT2D eigenvalue weighted by atomic mass is 9.95. The monoisotopic (exact) mass is 433 g/mol. The second-order valence-electron chi connectivity index (χ2n) is 7.32. The van der Waals surface area contributed by atoms with E-state index in [9.17, 15) is 22.4 Å². The van der Waals surface area contributed by atoms with Crippen LogP contribution in [-0.4, -0.2) is 44.3 Å². The van der Waals surface area contributed by atoms with Gasteiger partial charge in [0, 0.05) is 19.0 Å². The molecule has 1 saturated heterocycles. The Morgan fingerprint density at radius 3 is 2.23 bits per heavy atom. The van der Waals surface area contributed by atoms with E-state index in [1.165, 1.54) is 0 Å². The largest absolute Gasteiger partial charge is 0.369 e. The van der Waals surface area contributed by atoms with Gasteiger partial charge >= 0.3 is 0 Å². The van der Waals surface area contributed by atoms with Crippen molar-refractivity contribution in [3.05, 3.63) is 66.0 Å². The van der Waals surface area contributed by atoms with Crippen molar-refractivity contribution in [2.75, 3.05) is 13.1 Å². The molecule has 9 heteroatoms. The van der Waals surface area contributed by atoms with Crippen molar-refractivity contribution in [1.29, 1.82) is 0 Å². The van der Waals surface area contributed by atoms with Crippen molar-refractivity contribution in [1.82, 2.24) is 9.62 Å². The predicted molar refractivity (Wildman–Crippen MR) is 109 cm³/mol. The number of halogens is 1. The number of primary amides is 1. The number of rotatable bonds is 7. The van der Waals surface area contributed by atoms with Gasteiger partial charge in [0.25, 0.3) is 0 Å². The summed E-state index contributed by atoms with van der Waals surface area (Å²) in [4.78, 5) is 26.0. The zero-order valence-electron chi connectivity index (χ0n) is 16.3. The Morgan fingerprint density at radius 1 is 1.07 bits per heavy atom. The van der Waals surface area contributed by atoms with E-state index >= 15 is 0 Å². The maximum Gasteiger partial charge on any atom is 0.241 e. The minimum absolute atomic E-state index is 0.123. The Bertz CT molecular complexity index is 989.